The van der Waals surface area contributed by atoms with Crippen molar-refractivity contribution in [2.75, 3.05) is 16.8 Å². The Morgan fingerprint density at radius 2 is 1.83 bits per heavy atom. The molecule has 0 fully saturated rings. The van der Waals surface area contributed by atoms with Gasteiger partial charge >= 0.3 is 6.03 Å². The standard InChI is InChI=1S/C21H23FN4O3/c1-13(2)19(20(28)23-11-14-7-3-4-8-15(14)22)25-21(29)26-12-18(27)24-16-9-5-6-10-17(16)26/h3-10,13,19H,11-12H2,1-2H3,(H,23,28)(H,24,27)(H,25,29)/t19-/m1/s1. The van der Waals surface area contributed by atoms with Gasteiger partial charge in [-0.3, -0.25) is 14.5 Å². The number of carbonyl (C=O) groups excluding carboxylic acids is 3. The number of para-hydroxylation sites is 2. The molecule has 0 radical (unpaired) electrons. The first-order valence-corrected chi connectivity index (χ1v) is 9.35. The van der Waals surface area contributed by atoms with Gasteiger partial charge in [-0.05, 0) is 24.1 Å². The maximum atomic E-state index is 13.8. The summed E-state index contributed by atoms with van der Waals surface area (Å²) < 4.78 is 13.8. The summed E-state index contributed by atoms with van der Waals surface area (Å²) in [4.78, 5) is 38.7. The zero-order valence-corrected chi connectivity index (χ0v) is 16.2. The molecule has 0 aromatic heterocycles. The van der Waals surface area contributed by atoms with Gasteiger partial charge < -0.3 is 16.0 Å². The Kier molecular flexibility index (Phi) is 6.11. The van der Waals surface area contributed by atoms with Crippen molar-refractivity contribution in [3.63, 3.8) is 0 Å². The van der Waals surface area contributed by atoms with E-state index in [4.69, 9.17) is 0 Å². The van der Waals surface area contributed by atoms with E-state index in [2.05, 4.69) is 16.0 Å². The lowest BCUT2D eigenvalue weighted by Crippen LogP contribution is -2.55. The Hall–Kier alpha value is -3.42. The number of halogens is 1. The highest BCUT2D eigenvalue weighted by molar-refractivity contribution is 6.10. The molecule has 0 saturated heterocycles. The van der Waals surface area contributed by atoms with Crippen molar-refractivity contribution in [1.82, 2.24) is 10.6 Å². The fourth-order valence-corrected chi connectivity index (χ4v) is 3.09. The van der Waals surface area contributed by atoms with Gasteiger partial charge in [-0.2, -0.15) is 0 Å². The predicted molar refractivity (Wildman–Crippen MR) is 108 cm³/mol. The summed E-state index contributed by atoms with van der Waals surface area (Å²) in [6.07, 6.45) is 0. The van der Waals surface area contributed by atoms with Gasteiger partial charge in [0.2, 0.25) is 11.8 Å². The van der Waals surface area contributed by atoms with Crippen LogP contribution in [0.1, 0.15) is 19.4 Å². The first-order chi connectivity index (χ1) is 13.9. The van der Waals surface area contributed by atoms with Crippen LogP contribution in [0.15, 0.2) is 48.5 Å². The summed E-state index contributed by atoms with van der Waals surface area (Å²) in [6, 6.07) is 11.7. The van der Waals surface area contributed by atoms with Gasteiger partial charge in [-0.15, -0.1) is 0 Å². The number of amides is 4. The molecule has 8 heteroatoms. The quantitative estimate of drug-likeness (QED) is 0.723. The minimum absolute atomic E-state index is 0.0134. The molecule has 0 aliphatic carbocycles. The fourth-order valence-electron chi connectivity index (χ4n) is 3.09. The molecule has 3 N–H and O–H groups in total. The number of fused-ring (bicyclic) bond motifs is 1. The van der Waals surface area contributed by atoms with E-state index in [1.165, 1.54) is 11.0 Å². The third-order valence-electron chi connectivity index (χ3n) is 4.65. The van der Waals surface area contributed by atoms with Gasteiger partial charge in [0.25, 0.3) is 0 Å². The topological polar surface area (TPSA) is 90.5 Å². The number of benzene rings is 2. The van der Waals surface area contributed by atoms with Crippen LogP contribution in [0.2, 0.25) is 0 Å². The molecule has 1 heterocycles. The minimum atomic E-state index is -0.841. The van der Waals surface area contributed by atoms with Crippen molar-refractivity contribution >= 4 is 29.2 Å². The van der Waals surface area contributed by atoms with Crippen LogP contribution in [-0.2, 0) is 16.1 Å². The number of urea groups is 1. The molecule has 1 aliphatic rings. The summed E-state index contributed by atoms with van der Waals surface area (Å²) in [5.74, 6) is -1.36. The van der Waals surface area contributed by atoms with E-state index < -0.39 is 23.8 Å². The van der Waals surface area contributed by atoms with E-state index in [0.717, 1.165) is 0 Å². The van der Waals surface area contributed by atoms with Crippen LogP contribution in [-0.4, -0.2) is 30.4 Å². The van der Waals surface area contributed by atoms with E-state index in [1.54, 1.807) is 56.3 Å². The Balaban J connectivity index is 1.70. The molecule has 29 heavy (non-hydrogen) atoms. The molecule has 0 unspecified atom stereocenters. The normalized spacial score (nSPS) is 14.1. The predicted octanol–water partition coefficient (Wildman–Crippen LogP) is 2.63. The van der Waals surface area contributed by atoms with Gasteiger partial charge in [-0.25, -0.2) is 9.18 Å². The highest BCUT2D eigenvalue weighted by Gasteiger charge is 2.31. The second-order valence-corrected chi connectivity index (χ2v) is 7.13. The maximum Gasteiger partial charge on any atom is 0.323 e. The van der Waals surface area contributed by atoms with E-state index >= 15 is 0 Å². The second kappa shape index (κ2) is 8.72. The number of anilines is 2. The molecule has 0 spiro atoms. The zero-order valence-electron chi connectivity index (χ0n) is 16.2. The van der Waals surface area contributed by atoms with Crippen LogP contribution >= 0.6 is 0 Å². The third-order valence-corrected chi connectivity index (χ3v) is 4.65. The summed E-state index contributed by atoms with van der Waals surface area (Å²) >= 11 is 0. The smallest absolute Gasteiger partial charge is 0.323 e. The average Bonchev–Trinajstić information content (AvgIpc) is 2.70. The molecule has 7 nitrogen and oxygen atoms in total. The number of nitrogens with one attached hydrogen (secondary N) is 3. The second-order valence-electron chi connectivity index (χ2n) is 7.13. The van der Waals surface area contributed by atoms with E-state index in [-0.39, 0.29) is 24.9 Å². The van der Waals surface area contributed by atoms with Crippen molar-refractivity contribution < 1.29 is 18.8 Å². The monoisotopic (exact) mass is 398 g/mol. The number of carbonyl (C=O) groups is 3. The van der Waals surface area contributed by atoms with Crippen LogP contribution in [0.5, 0.6) is 0 Å². The van der Waals surface area contributed by atoms with Crippen LogP contribution < -0.4 is 20.9 Å². The lowest BCUT2D eigenvalue weighted by Gasteiger charge is -2.31. The van der Waals surface area contributed by atoms with Crippen molar-refractivity contribution in [2.24, 2.45) is 5.92 Å². The van der Waals surface area contributed by atoms with Gasteiger partial charge in [0.1, 0.15) is 18.4 Å². The Morgan fingerprint density at radius 3 is 2.55 bits per heavy atom. The fraction of sp³-hybridized carbons (Fsp3) is 0.286. The first kappa shape index (κ1) is 20.3. The van der Waals surface area contributed by atoms with Crippen LogP contribution in [0, 0.1) is 11.7 Å². The first-order valence-electron chi connectivity index (χ1n) is 9.35. The largest absolute Gasteiger partial charge is 0.350 e. The lowest BCUT2D eigenvalue weighted by atomic mass is 10.0. The zero-order chi connectivity index (χ0) is 21.0. The third kappa shape index (κ3) is 4.71. The van der Waals surface area contributed by atoms with E-state index in [1.807, 2.05) is 0 Å². The number of hydrogen-bond donors (Lipinski definition) is 3. The van der Waals surface area contributed by atoms with Crippen molar-refractivity contribution in [3.8, 4) is 0 Å². The number of nitrogens with zero attached hydrogens (tertiary/aromatic N) is 1. The molecule has 2 aromatic carbocycles. The molecule has 152 valence electrons. The van der Waals surface area contributed by atoms with Gasteiger partial charge in [-0.1, -0.05) is 44.2 Å². The maximum absolute atomic E-state index is 13.8. The number of rotatable bonds is 5. The van der Waals surface area contributed by atoms with E-state index in [0.29, 0.717) is 16.9 Å². The molecule has 1 atom stereocenters. The van der Waals surface area contributed by atoms with Gasteiger partial charge in [0.15, 0.2) is 0 Å². The molecule has 4 amide bonds. The molecule has 1 aliphatic heterocycles. The highest BCUT2D eigenvalue weighted by atomic mass is 19.1. The Morgan fingerprint density at radius 1 is 1.14 bits per heavy atom. The van der Waals surface area contributed by atoms with Gasteiger partial charge in [0.05, 0.1) is 11.4 Å². The summed E-state index contributed by atoms with van der Waals surface area (Å²) in [7, 11) is 0. The molecule has 3 rings (SSSR count). The highest BCUT2D eigenvalue weighted by Crippen LogP contribution is 2.28. The van der Waals surface area contributed by atoms with Crippen LogP contribution in [0.25, 0.3) is 0 Å². The molecular formula is C21H23FN4O3. The molecular weight excluding hydrogens is 375 g/mol. The number of hydrogen-bond acceptors (Lipinski definition) is 3. The molecule has 0 bridgehead atoms. The summed E-state index contributed by atoms with van der Waals surface area (Å²) in [5, 5.41) is 8.08. The Bertz CT molecular complexity index is 932. The lowest BCUT2D eigenvalue weighted by molar-refractivity contribution is -0.124. The van der Waals surface area contributed by atoms with Gasteiger partial charge in [0, 0.05) is 12.1 Å². The van der Waals surface area contributed by atoms with Crippen molar-refractivity contribution in [3.05, 3.63) is 59.9 Å². The van der Waals surface area contributed by atoms with Crippen LogP contribution in [0.4, 0.5) is 20.6 Å². The van der Waals surface area contributed by atoms with Crippen LogP contribution in [0.3, 0.4) is 0 Å². The SMILES string of the molecule is CC(C)[C@@H](NC(=O)N1CC(=O)Nc2ccccc21)C(=O)NCc1ccccc1F. The minimum Gasteiger partial charge on any atom is -0.350 e. The summed E-state index contributed by atoms with van der Waals surface area (Å²) in [6.45, 7) is 3.46. The summed E-state index contributed by atoms with van der Waals surface area (Å²) in [5.41, 5.74) is 1.44. The Labute approximate surface area is 168 Å². The molecule has 0 saturated carbocycles. The average molecular weight is 398 g/mol. The van der Waals surface area contributed by atoms with E-state index in [9.17, 15) is 18.8 Å². The molecule has 2 aromatic rings. The van der Waals surface area contributed by atoms with Crippen molar-refractivity contribution in [2.45, 2.75) is 26.4 Å². The van der Waals surface area contributed by atoms with Crippen molar-refractivity contribution in [1.29, 1.82) is 0 Å².